The molecule has 0 radical (unpaired) electrons. The van der Waals surface area contributed by atoms with Crippen LogP contribution < -0.4 is 4.74 Å². The van der Waals surface area contributed by atoms with Crippen molar-refractivity contribution in [2.45, 2.75) is 57.6 Å². The maximum atomic E-state index is 12.5. The summed E-state index contributed by atoms with van der Waals surface area (Å²) in [5.74, 6) is 0.673. The fraction of sp³-hybridized carbons (Fsp3) is 0.696. The summed E-state index contributed by atoms with van der Waals surface area (Å²) in [5.41, 5.74) is 1.26. The van der Waals surface area contributed by atoms with Crippen molar-refractivity contribution in [1.29, 1.82) is 0 Å². The van der Waals surface area contributed by atoms with Crippen LogP contribution in [-0.2, 0) is 9.53 Å². The molecule has 0 unspecified atom stereocenters. The highest BCUT2D eigenvalue weighted by Gasteiger charge is 2.39. The smallest absolute Gasteiger partial charge is 0.248 e. The molecule has 1 aliphatic carbocycles. The van der Waals surface area contributed by atoms with Crippen LogP contribution in [0.15, 0.2) is 18.2 Å². The maximum Gasteiger partial charge on any atom is 0.248 e. The molecule has 0 aromatic heterocycles. The van der Waals surface area contributed by atoms with Gasteiger partial charge in [0, 0.05) is 32.8 Å². The molecule has 0 bridgehead atoms. The first-order valence-corrected chi connectivity index (χ1v) is 10.8. The molecule has 1 heterocycles. The van der Waals surface area contributed by atoms with Crippen LogP contribution in [0.1, 0.15) is 43.2 Å². The molecule has 1 aliphatic heterocycles. The number of rotatable bonds is 6. The summed E-state index contributed by atoms with van der Waals surface area (Å²) in [5, 5.41) is 11.5. The zero-order valence-electron chi connectivity index (χ0n) is 18.2. The fourth-order valence-electron chi connectivity index (χ4n) is 4.49. The molecule has 1 aromatic rings. The van der Waals surface area contributed by atoms with Gasteiger partial charge < -0.3 is 19.5 Å². The lowest BCUT2D eigenvalue weighted by Gasteiger charge is -2.37. The van der Waals surface area contributed by atoms with Gasteiger partial charge in [0.05, 0.1) is 6.54 Å². The second kappa shape index (κ2) is 9.92. The first-order chi connectivity index (χ1) is 13.9. The van der Waals surface area contributed by atoms with Gasteiger partial charge in [-0.15, -0.1) is 0 Å². The zero-order valence-corrected chi connectivity index (χ0v) is 18.2. The van der Waals surface area contributed by atoms with Crippen molar-refractivity contribution in [2.24, 2.45) is 0 Å². The van der Waals surface area contributed by atoms with Gasteiger partial charge in [0.2, 0.25) is 5.91 Å². The molecule has 162 valence electrons. The van der Waals surface area contributed by atoms with E-state index < -0.39 is 5.60 Å². The minimum absolute atomic E-state index is 0.0392. The number of carbonyl (C=O) groups excluding carboxylic acids is 1. The summed E-state index contributed by atoms with van der Waals surface area (Å²) in [6.07, 6.45) is 6.11. The van der Waals surface area contributed by atoms with Crippen LogP contribution in [-0.4, -0.2) is 79.0 Å². The number of β-amino-alcohol motifs (C(OH)–C–C–N with tert-alkyl or cyclic N) is 1. The normalized spacial score (nSPS) is 24.3. The van der Waals surface area contributed by atoms with Crippen molar-refractivity contribution >= 4 is 5.91 Å². The number of hydrogen-bond donors (Lipinski definition) is 1. The number of benzene rings is 1. The van der Waals surface area contributed by atoms with Gasteiger partial charge >= 0.3 is 0 Å². The van der Waals surface area contributed by atoms with Gasteiger partial charge in [0.1, 0.15) is 24.6 Å². The second-order valence-corrected chi connectivity index (χ2v) is 8.77. The number of amides is 1. The molecule has 0 spiro atoms. The van der Waals surface area contributed by atoms with Crippen LogP contribution in [0.4, 0.5) is 0 Å². The van der Waals surface area contributed by atoms with E-state index in [1.165, 1.54) is 44.8 Å². The topological polar surface area (TPSA) is 62.2 Å². The molecule has 1 aromatic carbocycles. The molecule has 29 heavy (non-hydrogen) atoms. The van der Waals surface area contributed by atoms with Gasteiger partial charge in [0.25, 0.3) is 0 Å². The lowest BCUT2D eigenvalue weighted by atomic mass is 9.93. The molecule has 6 heteroatoms. The van der Waals surface area contributed by atoms with Crippen LogP contribution >= 0.6 is 0 Å². The molecule has 1 N–H and O–H groups in total. The second-order valence-electron chi connectivity index (χ2n) is 8.77. The predicted molar refractivity (Wildman–Crippen MR) is 113 cm³/mol. The zero-order chi connectivity index (χ0) is 20.9. The highest BCUT2D eigenvalue weighted by molar-refractivity contribution is 5.77. The molecular weight excluding hydrogens is 368 g/mol. The molecule has 6 nitrogen and oxygen atoms in total. The minimum atomic E-state index is -1.11. The fourth-order valence-corrected chi connectivity index (χ4v) is 4.49. The standard InChI is InChI=1S/C23H36N2O4/c1-18-9-10-21(13-19(18)2)29-17-23(27)15-24(20-7-5-4-6-8-20)11-12-25(16-23)22(26)14-28-3/h9-10,13,20,27H,4-8,11-12,14-17H2,1-3H3/t23-/m0/s1. The lowest BCUT2D eigenvalue weighted by molar-refractivity contribution is -0.138. The van der Waals surface area contributed by atoms with E-state index in [1.807, 2.05) is 18.2 Å². The van der Waals surface area contributed by atoms with Crippen LogP contribution in [0.3, 0.4) is 0 Å². The number of ether oxygens (including phenoxy) is 2. The van der Waals surface area contributed by atoms with Crippen molar-refractivity contribution in [2.75, 3.05) is 46.5 Å². The third kappa shape index (κ3) is 5.93. The van der Waals surface area contributed by atoms with Crippen LogP contribution in [0.25, 0.3) is 0 Å². The third-order valence-corrected chi connectivity index (χ3v) is 6.34. The lowest BCUT2D eigenvalue weighted by Crippen LogP contribution is -2.54. The van der Waals surface area contributed by atoms with Crippen LogP contribution in [0.2, 0.25) is 0 Å². The van der Waals surface area contributed by atoms with Crippen molar-refractivity contribution < 1.29 is 19.4 Å². The summed E-state index contributed by atoms with van der Waals surface area (Å²) >= 11 is 0. The first-order valence-electron chi connectivity index (χ1n) is 10.8. The predicted octanol–water partition coefficient (Wildman–Crippen LogP) is 2.54. The molecule has 1 amide bonds. The van der Waals surface area contributed by atoms with E-state index in [-0.39, 0.29) is 25.7 Å². The van der Waals surface area contributed by atoms with Crippen molar-refractivity contribution in [3.05, 3.63) is 29.3 Å². The Morgan fingerprint density at radius 3 is 2.59 bits per heavy atom. The van der Waals surface area contributed by atoms with E-state index in [4.69, 9.17) is 9.47 Å². The number of aryl methyl sites for hydroxylation is 2. The molecule has 3 rings (SSSR count). The van der Waals surface area contributed by atoms with E-state index in [1.54, 1.807) is 4.90 Å². The summed E-state index contributed by atoms with van der Waals surface area (Å²) in [6.45, 7) is 6.52. The van der Waals surface area contributed by atoms with E-state index >= 15 is 0 Å². The van der Waals surface area contributed by atoms with Gasteiger partial charge in [-0.2, -0.15) is 0 Å². The largest absolute Gasteiger partial charge is 0.490 e. The Morgan fingerprint density at radius 1 is 1.14 bits per heavy atom. The maximum absolute atomic E-state index is 12.5. The van der Waals surface area contributed by atoms with Crippen molar-refractivity contribution in [3.8, 4) is 5.75 Å². The number of carbonyl (C=O) groups is 1. The molecule has 1 saturated heterocycles. The highest BCUT2D eigenvalue weighted by atomic mass is 16.5. The molecular formula is C23H36N2O4. The van der Waals surface area contributed by atoms with E-state index in [0.29, 0.717) is 19.1 Å². The van der Waals surface area contributed by atoms with E-state index in [2.05, 4.69) is 18.7 Å². The Labute approximate surface area is 174 Å². The Balaban J connectivity index is 1.74. The summed E-state index contributed by atoms with van der Waals surface area (Å²) < 4.78 is 11.1. The van der Waals surface area contributed by atoms with E-state index in [0.717, 1.165) is 17.9 Å². The Bertz CT molecular complexity index is 689. The number of nitrogens with zero attached hydrogens (tertiary/aromatic N) is 2. The highest BCUT2D eigenvalue weighted by Crippen LogP contribution is 2.27. The minimum Gasteiger partial charge on any atom is -0.490 e. The first kappa shape index (κ1) is 22.1. The van der Waals surface area contributed by atoms with Crippen molar-refractivity contribution in [3.63, 3.8) is 0 Å². The Hall–Kier alpha value is -1.63. The van der Waals surface area contributed by atoms with Crippen LogP contribution in [0.5, 0.6) is 5.75 Å². The monoisotopic (exact) mass is 404 g/mol. The summed E-state index contributed by atoms with van der Waals surface area (Å²) in [6, 6.07) is 6.45. The average Bonchev–Trinajstić information content (AvgIpc) is 2.89. The summed E-state index contributed by atoms with van der Waals surface area (Å²) in [4.78, 5) is 16.6. The molecule has 2 aliphatic rings. The van der Waals surface area contributed by atoms with Gasteiger partial charge in [-0.05, 0) is 49.9 Å². The van der Waals surface area contributed by atoms with Gasteiger partial charge in [-0.1, -0.05) is 25.3 Å². The Kier molecular flexibility index (Phi) is 7.55. The van der Waals surface area contributed by atoms with Gasteiger partial charge in [-0.25, -0.2) is 0 Å². The molecule has 1 saturated carbocycles. The van der Waals surface area contributed by atoms with E-state index in [9.17, 15) is 9.90 Å². The van der Waals surface area contributed by atoms with Crippen LogP contribution in [0, 0.1) is 13.8 Å². The quantitative estimate of drug-likeness (QED) is 0.790. The van der Waals surface area contributed by atoms with Gasteiger partial charge in [0.15, 0.2) is 0 Å². The SMILES string of the molecule is COCC(=O)N1CCN(C2CCCCC2)C[C@@](O)(COc2ccc(C)c(C)c2)C1. The van der Waals surface area contributed by atoms with Crippen molar-refractivity contribution in [1.82, 2.24) is 9.80 Å². The third-order valence-electron chi connectivity index (χ3n) is 6.34. The molecule has 1 atom stereocenters. The number of hydrogen-bond acceptors (Lipinski definition) is 5. The average molecular weight is 405 g/mol. The molecule has 2 fully saturated rings. The Morgan fingerprint density at radius 2 is 1.90 bits per heavy atom. The summed E-state index contributed by atoms with van der Waals surface area (Å²) in [7, 11) is 1.53. The van der Waals surface area contributed by atoms with Gasteiger partial charge in [-0.3, -0.25) is 9.69 Å². The number of aliphatic hydroxyl groups is 1. The number of methoxy groups -OCH3 is 1.